The number of rotatable bonds is 10. The molecule has 11 atom stereocenters. The minimum atomic E-state index is -0.560. The lowest BCUT2D eigenvalue weighted by molar-refractivity contribution is -0.221. The Balaban J connectivity index is 1.05. The minimum absolute atomic E-state index is 0.109. The number of halogens is 1. The fraction of sp³-hybridized carbons (Fsp3) is 0.905. The molecule has 5 fully saturated rings. The first-order chi connectivity index (χ1) is 23.0. The van der Waals surface area contributed by atoms with Crippen LogP contribution in [0.25, 0.3) is 0 Å². The molecule has 0 aromatic carbocycles. The van der Waals surface area contributed by atoms with Gasteiger partial charge >= 0.3 is 0 Å². The van der Waals surface area contributed by atoms with Crippen LogP contribution in [-0.4, -0.2) is 62.3 Å². The Bertz CT molecular complexity index is 1250. The molecule has 270 valence electrons. The van der Waals surface area contributed by atoms with E-state index in [0.29, 0.717) is 34.0 Å². The van der Waals surface area contributed by atoms with E-state index < -0.39 is 12.1 Å². The van der Waals surface area contributed by atoms with Gasteiger partial charge in [-0.25, -0.2) is 0 Å². The number of nitrogens with zero attached hydrogens (tertiary/aromatic N) is 2. The van der Waals surface area contributed by atoms with E-state index in [9.17, 15) is 9.30 Å². The molecule has 6 heteroatoms. The molecule has 1 saturated heterocycles. The monoisotopic (exact) mass is 682 g/mol. The van der Waals surface area contributed by atoms with Crippen LogP contribution in [0.2, 0.25) is 0 Å². The van der Waals surface area contributed by atoms with E-state index in [0.717, 1.165) is 42.4 Å². The van der Waals surface area contributed by atoms with Gasteiger partial charge in [-0.15, -0.1) is 0 Å². The molecule has 1 heterocycles. The Morgan fingerprint density at radius 1 is 0.938 bits per heavy atom. The fourth-order valence-corrected chi connectivity index (χ4v) is 15.3. The third-order valence-electron chi connectivity index (χ3n) is 17.3. The second-order valence-electron chi connectivity index (χ2n) is 19.1. The zero-order chi connectivity index (χ0) is 33.8. The number of nitroso groups, excluding NO2 is 1. The number of hydrogen-bond donors (Lipinski definition) is 1. The van der Waals surface area contributed by atoms with Gasteiger partial charge in [0.1, 0.15) is 0 Å². The normalized spacial score (nSPS) is 47.6. The zero-order valence-electron chi connectivity index (χ0n) is 31.3. The van der Waals surface area contributed by atoms with Crippen LogP contribution in [0.3, 0.4) is 0 Å². The van der Waals surface area contributed by atoms with Crippen LogP contribution in [-0.2, 0) is 0 Å². The SMILES string of the molecule is CC1CCC2(CNCCCN3CCSCC3)CC[C@]3(C)[C@H](CCC4C5(C)CC=C(C6=CC[C@@](CF)(CN=O)CC6)C(C)C5CCC43C)C12. The Hall–Kier alpha value is -0.720. The van der Waals surface area contributed by atoms with Gasteiger partial charge < -0.3 is 10.2 Å². The Morgan fingerprint density at radius 3 is 2.48 bits per heavy atom. The van der Waals surface area contributed by atoms with Crippen LogP contribution < -0.4 is 5.32 Å². The highest BCUT2D eigenvalue weighted by molar-refractivity contribution is 7.99. The van der Waals surface area contributed by atoms with Crippen molar-refractivity contribution in [3.63, 3.8) is 0 Å². The molecule has 0 aromatic heterocycles. The molecular weight excluding hydrogens is 614 g/mol. The molecule has 1 aliphatic heterocycles. The topological polar surface area (TPSA) is 44.7 Å². The second-order valence-corrected chi connectivity index (χ2v) is 20.3. The van der Waals surface area contributed by atoms with Crippen molar-refractivity contribution in [3.8, 4) is 0 Å². The molecule has 7 rings (SSSR count). The Morgan fingerprint density at radius 2 is 1.75 bits per heavy atom. The molecule has 0 spiro atoms. The van der Waals surface area contributed by atoms with Crippen LogP contribution in [0.5, 0.6) is 0 Å². The molecule has 7 aliphatic rings. The van der Waals surface area contributed by atoms with E-state index in [1.807, 2.05) is 0 Å². The molecule has 4 saturated carbocycles. The first-order valence-electron chi connectivity index (χ1n) is 20.3. The summed E-state index contributed by atoms with van der Waals surface area (Å²) in [6, 6.07) is 0. The van der Waals surface area contributed by atoms with Gasteiger partial charge in [-0.05, 0) is 165 Å². The van der Waals surface area contributed by atoms with Gasteiger partial charge in [-0.1, -0.05) is 51.9 Å². The fourth-order valence-electron chi connectivity index (χ4n) is 14.3. The number of thioether (sulfide) groups is 1. The summed E-state index contributed by atoms with van der Waals surface area (Å²) >= 11 is 2.12. The smallest absolute Gasteiger partial charge is 0.0972 e. The maximum Gasteiger partial charge on any atom is 0.0972 e. The minimum Gasteiger partial charge on any atom is -0.316 e. The van der Waals surface area contributed by atoms with Gasteiger partial charge in [-0.2, -0.15) is 16.7 Å². The highest BCUT2D eigenvalue weighted by Crippen LogP contribution is 2.76. The van der Waals surface area contributed by atoms with Gasteiger partial charge in [0.05, 0.1) is 13.2 Å². The molecule has 0 aromatic rings. The van der Waals surface area contributed by atoms with E-state index >= 15 is 0 Å². The quantitative estimate of drug-likeness (QED) is 0.184. The molecule has 1 N–H and O–H groups in total. The summed E-state index contributed by atoms with van der Waals surface area (Å²) in [6.07, 6.45) is 21.1. The molecule has 6 aliphatic carbocycles. The van der Waals surface area contributed by atoms with Gasteiger partial charge in [0.2, 0.25) is 0 Å². The van der Waals surface area contributed by atoms with E-state index in [2.05, 4.69) is 73.9 Å². The summed E-state index contributed by atoms with van der Waals surface area (Å²) in [7, 11) is 0. The third kappa shape index (κ3) is 5.75. The van der Waals surface area contributed by atoms with Crippen molar-refractivity contribution in [1.82, 2.24) is 10.2 Å². The van der Waals surface area contributed by atoms with Crippen LogP contribution in [0.1, 0.15) is 118 Å². The number of hydrogen-bond acceptors (Lipinski definition) is 5. The number of allylic oxidation sites excluding steroid dienone is 4. The van der Waals surface area contributed by atoms with Crippen molar-refractivity contribution in [2.75, 3.05) is 57.4 Å². The van der Waals surface area contributed by atoms with Gasteiger partial charge in [0, 0.05) is 36.6 Å². The second kappa shape index (κ2) is 13.7. The van der Waals surface area contributed by atoms with Gasteiger partial charge in [0.15, 0.2) is 0 Å². The summed E-state index contributed by atoms with van der Waals surface area (Å²) in [5, 5.41) is 7.18. The summed E-state index contributed by atoms with van der Waals surface area (Å²) in [5.41, 5.74) is 4.15. The van der Waals surface area contributed by atoms with Crippen molar-refractivity contribution in [1.29, 1.82) is 0 Å². The van der Waals surface area contributed by atoms with Crippen molar-refractivity contribution < 1.29 is 4.39 Å². The highest BCUT2D eigenvalue weighted by Gasteiger charge is 2.69. The number of fused-ring (bicyclic) bond motifs is 7. The van der Waals surface area contributed by atoms with Crippen LogP contribution in [0.4, 0.5) is 4.39 Å². The van der Waals surface area contributed by atoms with E-state index in [1.54, 1.807) is 5.57 Å². The van der Waals surface area contributed by atoms with E-state index in [1.165, 1.54) is 114 Å². The van der Waals surface area contributed by atoms with Crippen molar-refractivity contribution in [2.45, 2.75) is 118 Å². The molecular formula is C42H68FN3OS. The average Bonchev–Trinajstić information content (AvgIpc) is 3.42. The summed E-state index contributed by atoms with van der Waals surface area (Å²) in [6.45, 7) is 19.4. The van der Waals surface area contributed by atoms with Gasteiger partial charge in [0.25, 0.3) is 0 Å². The Kier molecular flexibility index (Phi) is 10.2. The summed E-state index contributed by atoms with van der Waals surface area (Å²) in [5.74, 6) is 7.31. The van der Waals surface area contributed by atoms with Crippen LogP contribution in [0.15, 0.2) is 28.5 Å². The molecule has 8 unspecified atom stereocenters. The number of nitrogens with one attached hydrogen (secondary N) is 1. The van der Waals surface area contributed by atoms with E-state index in [-0.39, 0.29) is 6.54 Å². The predicted molar refractivity (Wildman–Crippen MR) is 201 cm³/mol. The average molecular weight is 682 g/mol. The molecule has 0 bridgehead atoms. The van der Waals surface area contributed by atoms with Crippen molar-refractivity contribution >= 4 is 11.8 Å². The van der Waals surface area contributed by atoms with Crippen LogP contribution >= 0.6 is 11.8 Å². The third-order valence-corrected chi connectivity index (χ3v) is 18.2. The standard InChI is InChI=1S/C42H68FN3OS/c1-30-9-18-42(29-44-21-6-22-46-23-25-48-26-24-46)20-19-39(4)35(37(30)42)7-8-36-38(3)14-12-33(31(2)34(38)13-15-40(36,39)5)32-10-16-41(27-43,17-11-32)28-45-47/h10,12,30-31,34-37,44H,6-9,11,13-29H2,1-5H3/t30?,31?,34?,35-,36?,37?,38?,39-,40?,41-,42?/m1/s1. The largest absolute Gasteiger partial charge is 0.316 e. The van der Waals surface area contributed by atoms with Crippen LogP contribution in [0, 0.1) is 67.5 Å². The molecule has 48 heavy (non-hydrogen) atoms. The Labute approximate surface area is 297 Å². The predicted octanol–water partition coefficient (Wildman–Crippen LogP) is 10.1. The summed E-state index contributed by atoms with van der Waals surface area (Å²) < 4.78 is 14.0. The molecule has 4 nitrogen and oxygen atoms in total. The summed E-state index contributed by atoms with van der Waals surface area (Å²) in [4.78, 5) is 13.7. The van der Waals surface area contributed by atoms with E-state index in [4.69, 9.17) is 0 Å². The van der Waals surface area contributed by atoms with Gasteiger partial charge in [-0.3, -0.25) is 4.39 Å². The van der Waals surface area contributed by atoms with Crippen molar-refractivity contribution in [2.24, 2.45) is 67.8 Å². The van der Waals surface area contributed by atoms with Crippen molar-refractivity contribution in [3.05, 3.63) is 28.2 Å². The maximum atomic E-state index is 14.0. The first-order valence-corrected chi connectivity index (χ1v) is 21.5. The molecule has 0 radical (unpaired) electrons. The lowest BCUT2D eigenvalue weighted by Gasteiger charge is -2.71. The number of alkyl halides is 1. The maximum absolute atomic E-state index is 14.0. The first kappa shape index (κ1) is 35.7. The lowest BCUT2D eigenvalue weighted by Crippen LogP contribution is -2.65. The lowest BCUT2D eigenvalue weighted by atomic mass is 9.33. The zero-order valence-corrected chi connectivity index (χ0v) is 32.1. The highest BCUT2D eigenvalue weighted by atomic mass is 32.2. The molecule has 0 amide bonds.